The van der Waals surface area contributed by atoms with Gasteiger partial charge >= 0.3 is 12.1 Å². The number of nitrogens with zero attached hydrogens (tertiary/aromatic N) is 2. The van der Waals surface area contributed by atoms with Gasteiger partial charge in [-0.05, 0) is 60.4 Å². The number of aromatic nitrogens is 2. The lowest BCUT2D eigenvalue weighted by molar-refractivity contribution is -0.146. The first-order valence-corrected chi connectivity index (χ1v) is 13.9. The molecule has 0 spiro atoms. The van der Waals surface area contributed by atoms with Gasteiger partial charge in [-0.2, -0.15) is 5.10 Å². The summed E-state index contributed by atoms with van der Waals surface area (Å²) in [6.45, 7) is 2.24. The molecular weight excluding hydrogens is 502 g/mol. The van der Waals surface area contributed by atoms with Crippen LogP contribution in [0, 0.1) is 5.92 Å². The molecule has 1 heterocycles. The molecule has 4 aromatic rings. The van der Waals surface area contributed by atoms with Crippen molar-refractivity contribution in [3.05, 3.63) is 96.2 Å². The largest absolute Gasteiger partial charge is 0.465 e. The third-order valence-corrected chi connectivity index (χ3v) is 7.95. The van der Waals surface area contributed by atoms with E-state index in [9.17, 15) is 9.59 Å². The highest BCUT2D eigenvalue weighted by molar-refractivity contribution is 5.90. The maximum absolute atomic E-state index is 13.0. The first-order valence-electron chi connectivity index (χ1n) is 13.9. The summed E-state index contributed by atoms with van der Waals surface area (Å²) in [6, 6.07) is 26.2. The van der Waals surface area contributed by atoms with Gasteiger partial charge in [-0.15, -0.1) is 0 Å². The van der Waals surface area contributed by atoms with Crippen LogP contribution in [0.15, 0.2) is 85.1 Å². The molecule has 1 atom stereocenters. The van der Waals surface area contributed by atoms with Crippen molar-refractivity contribution in [2.45, 2.75) is 44.1 Å². The molecule has 1 amide bonds. The summed E-state index contributed by atoms with van der Waals surface area (Å²) in [4.78, 5) is 25.4. The second-order valence-corrected chi connectivity index (χ2v) is 10.7. The van der Waals surface area contributed by atoms with Crippen LogP contribution in [-0.4, -0.2) is 28.4 Å². The smallest absolute Gasteiger partial charge is 0.413 e. The molecule has 2 aliphatic rings. The van der Waals surface area contributed by atoms with Crippen molar-refractivity contribution in [1.82, 2.24) is 9.78 Å². The van der Waals surface area contributed by atoms with Crippen LogP contribution in [0.5, 0.6) is 0 Å². The quantitative estimate of drug-likeness (QED) is 0.232. The number of benzene rings is 3. The molecule has 0 bridgehead atoms. The van der Waals surface area contributed by atoms with E-state index in [1.807, 2.05) is 61.5 Å². The van der Waals surface area contributed by atoms with Crippen LogP contribution in [0.2, 0.25) is 0 Å². The molecule has 2 fully saturated rings. The van der Waals surface area contributed by atoms with Crippen LogP contribution in [0.3, 0.4) is 0 Å². The Balaban J connectivity index is 1.16. The van der Waals surface area contributed by atoms with Crippen LogP contribution in [0.4, 0.5) is 10.6 Å². The summed E-state index contributed by atoms with van der Waals surface area (Å²) in [5.41, 5.74) is 5.43. The predicted octanol–water partition coefficient (Wildman–Crippen LogP) is 7.05. The van der Waals surface area contributed by atoms with Crippen molar-refractivity contribution < 1.29 is 19.1 Å². The van der Waals surface area contributed by atoms with Crippen LogP contribution in [0.1, 0.15) is 49.8 Å². The molecule has 0 radical (unpaired) electrons. The summed E-state index contributed by atoms with van der Waals surface area (Å²) >= 11 is 0. The first-order chi connectivity index (χ1) is 19.5. The van der Waals surface area contributed by atoms with Gasteiger partial charge in [0.1, 0.15) is 11.9 Å². The van der Waals surface area contributed by atoms with E-state index in [-0.39, 0.29) is 12.1 Å². The SMILES string of the molecule is CCOC(=O)C1(c2ccc(-c3ccc(-c4cnn(C)c4NC(=O)OC(c4ccccc4)C4CC4)cc3)cc2)CC1. The average molecular weight is 536 g/mol. The van der Waals surface area contributed by atoms with Crippen molar-refractivity contribution in [2.24, 2.45) is 13.0 Å². The van der Waals surface area contributed by atoms with Crippen LogP contribution in [0.25, 0.3) is 22.3 Å². The molecule has 1 aromatic heterocycles. The number of ether oxygens (including phenoxy) is 2. The third-order valence-electron chi connectivity index (χ3n) is 7.95. The van der Waals surface area contributed by atoms with Gasteiger partial charge in [0, 0.05) is 18.5 Å². The fourth-order valence-electron chi connectivity index (χ4n) is 5.35. The van der Waals surface area contributed by atoms with Crippen molar-refractivity contribution in [3.8, 4) is 22.3 Å². The van der Waals surface area contributed by atoms with Gasteiger partial charge < -0.3 is 9.47 Å². The van der Waals surface area contributed by atoms with E-state index in [1.165, 1.54) is 0 Å². The molecule has 40 heavy (non-hydrogen) atoms. The lowest BCUT2D eigenvalue weighted by Gasteiger charge is -2.18. The minimum atomic E-state index is -0.487. The highest BCUT2D eigenvalue weighted by Crippen LogP contribution is 2.49. The number of hydrogen-bond donors (Lipinski definition) is 1. The molecule has 1 N–H and O–H groups in total. The van der Waals surface area contributed by atoms with Gasteiger partial charge in [0.25, 0.3) is 0 Å². The van der Waals surface area contributed by atoms with E-state index >= 15 is 0 Å². The molecule has 204 valence electrons. The van der Waals surface area contributed by atoms with Crippen LogP contribution >= 0.6 is 0 Å². The number of carbonyl (C=O) groups excluding carboxylic acids is 2. The molecule has 0 saturated heterocycles. The molecule has 0 aliphatic heterocycles. The Bertz CT molecular complexity index is 1500. The van der Waals surface area contributed by atoms with Gasteiger partial charge in [-0.1, -0.05) is 78.9 Å². The second-order valence-electron chi connectivity index (χ2n) is 10.7. The van der Waals surface area contributed by atoms with E-state index < -0.39 is 11.5 Å². The molecule has 7 nitrogen and oxygen atoms in total. The van der Waals surface area contributed by atoms with Gasteiger partial charge in [-0.3, -0.25) is 14.8 Å². The molecule has 7 heteroatoms. The number of anilines is 1. The Morgan fingerprint density at radius 2 is 1.57 bits per heavy atom. The number of rotatable bonds is 9. The van der Waals surface area contributed by atoms with E-state index in [1.54, 1.807) is 17.9 Å². The predicted molar refractivity (Wildman–Crippen MR) is 154 cm³/mol. The Morgan fingerprint density at radius 1 is 0.950 bits per heavy atom. The maximum Gasteiger partial charge on any atom is 0.413 e. The summed E-state index contributed by atoms with van der Waals surface area (Å²) in [6.07, 6.45) is 4.80. The Morgan fingerprint density at radius 3 is 2.17 bits per heavy atom. The normalized spacial score (nSPS) is 16.1. The zero-order valence-corrected chi connectivity index (χ0v) is 22.8. The van der Waals surface area contributed by atoms with Gasteiger partial charge in [0.15, 0.2) is 0 Å². The zero-order valence-electron chi connectivity index (χ0n) is 22.8. The van der Waals surface area contributed by atoms with Crippen molar-refractivity contribution in [1.29, 1.82) is 0 Å². The van der Waals surface area contributed by atoms with Crippen LogP contribution in [-0.2, 0) is 26.7 Å². The highest BCUT2D eigenvalue weighted by Gasteiger charge is 2.52. The van der Waals surface area contributed by atoms with Gasteiger partial charge in [0.05, 0.1) is 18.2 Å². The summed E-state index contributed by atoms with van der Waals surface area (Å²) in [5.74, 6) is 0.819. The summed E-state index contributed by atoms with van der Waals surface area (Å²) < 4.78 is 12.9. The number of hydrogen-bond acceptors (Lipinski definition) is 5. The van der Waals surface area contributed by atoms with Crippen molar-refractivity contribution in [2.75, 3.05) is 11.9 Å². The molecule has 2 saturated carbocycles. The van der Waals surface area contributed by atoms with Crippen LogP contribution < -0.4 is 5.32 Å². The lowest BCUT2D eigenvalue weighted by Crippen LogP contribution is -2.23. The Hall–Kier alpha value is -4.39. The monoisotopic (exact) mass is 535 g/mol. The van der Waals surface area contributed by atoms with Crippen molar-refractivity contribution >= 4 is 17.9 Å². The number of nitrogens with one attached hydrogen (secondary N) is 1. The minimum Gasteiger partial charge on any atom is -0.465 e. The number of esters is 1. The minimum absolute atomic E-state index is 0.125. The van der Waals surface area contributed by atoms with Gasteiger partial charge in [0.2, 0.25) is 0 Å². The molecule has 3 aromatic carbocycles. The zero-order chi connectivity index (χ0) is 27.7. The first kappa shape index (κ1) is 25.9. The van der Waals surface area contributed by atoms with E-state index in [0.717, 1.165) is 59.1 Å². The van der Waals surface area contributed by atoms with E-state index in [4.69, 9.17) is 9.47 Å². The molecule has 2 aliphatic carbocycles. The fourth-order valence-corrected chi connectivity index (χ4v) is 5.35. The molecule has 1 unspecified atom stereocenters. The topological polar surface area (TPSA) is 82.5 Å². The standard InChI is InChI=1S/C33H33N3O4/c1-3-39-31(37)33(19-20-33)27-17-15-23(16-18-27)22-9-11-24(12-10-22)28-21-34-36(2)30(28)35-32(38)40-29(26-13-14-26)25-7-5-4-6-8-25/h4-12,15-18,21,26,29H,3,13-14,19-20H2,1-2H3,(H,35,38). The molecular formula is C33H33N3O4. The van der Waals surface area contributed by atoms with Gasteiger partial charge in [-0.25, -0.2) is 4.79 Å². The third kappa shape index (κ3) is 5.11. The van der Waals surface area contributed by atoms with Crippen molar-refractivity contribution in [3.63, 3.8) is 0 Å². The van der Waals surface area contributed by atoms with E-state index in [0.29, 0.717) is 18.3 Å². The average Bonchev–Trinajstić information content (AvgIpc) is 3.92. The maximum atomic E-state index is 13.0. The number of amides is 1. The summed E-state index contributed by atoms with van der Waals surface area (Å²) in [5, 5.41) is 7.32. The number of aryl methyl sites for hydroxylation is 1. The van der Waals surface area contributed by atoms with E-state index in [2.05, 4.69) is 34.7 Å². The highest BCUT2D eigenvalue weighted by atomic mass is 16.6. The number of carbonyl (C=O) groups is 2. The molecule has 6 rings (SSSR count). The lowest BCUT2D eigenvalue weighted by atomic mass is 9.93. The Kier molecular flexibility index (Phi) is 6.88. The fraction of sp³-hybridized carbons (Fsp3) is 0.303. The second kappa shape index (κ2) is 10.6. The summed E-state index contributed by atoms with van der Waals surface area (Å²) in [7, 11) is 1.80. The Labute approximate surface area is 234 Å².